The molecule has 0 unspecified atom stereocenters. The van der Waals surface area contributed by atoms with Gasteiger partial charge in [-0.2, -0.15) is 0 Å². The van der Waals surface area contributed by atoms with Crippen molar-refractivity contribution in [1.82, 2.24) is 0 Å². The van der Waals surface area contributed by atoms with Gasteiger partial charge in [0.05, 0.1) is 58.8 Å². The molecule has 0 bridgehead atoms. The Morgan fingerprint density at radius 3 is 0.787 bits per heavy atom. The summed E-state index contributed by atoms with van der Waals surface area (Å²) < 4.78 is 33.9. The van der Waals surface area contributed by atoms with E-state index in [2.05, 4.69) is 0 Å². The molecule has 0 aromatic heterocycles. The summed E-state index contributed by atoms with van der Waals surface area (Å²) in [6.45, 7) is 1.89. The second kappa shape index (κ2) is 27.4. The number of ether oxygens (including phenoxy) is 7. The molecule has 0 heterocycles. The predicted molar refractivity (Wildman–Crippen MR) is 212 cm³/mol. The quantitative estimate of drug-likeness (QED) is 0.0510. The SMILES string of the molecule is CC(=O)c1ccc(C(=O)OCCOC(=O)c2ccc(C(=O)O)cc2)cc1.COCCOC(=O)c1ccc(C(=O)O)cc1.COCCOC(=O)c1ccc(C(=O)OCCO)cc1. The Balaban J connectivity index is 0.000000326. The first-order valence-corrected chi connectivity index (χ1v) is 18.0. The Kier molecular flexibility index (Phi) is 22.4. The molecule has 3 N–H and O–H groups in total. The van der Waals surface area contributed by atoms with Crippen LogP contribution in [0, 0.1) is 0 Å². The number of aliphatic hydroxyl groups excluding tert-OH is 1. The van der Waals surface area contributed by atoms with Gasteiger partial charge in [-0.15, -0.1) is 0 Å². The van der Waals surface area contributed by atoms with Gasteiger partial charge >= 0.3 is 41.8 Å². The fourth-order valence-electron chi connectivity index (χ4n) is 4.34. The van der Waals surface area contributed by atoms with Crippen molar-refractivity contribution in [2.45, 2.75) is 6.92 Å². The molecule has 4 aromatic rings. The Hall–Kier alpha value is -7.28. The van der Waals surface area contributed by atoms with E-state index in [-0.39, 0.29) is 67.7 Å². The molecular weight excluding hydrogens is 804 g/mol. The van der Waals surface area contributed by atoms with Crippen LogP contribution in [-0.4, -0.2) is 130 Å². The lowest BCUT2D eigenvalue weighted by atomic mass is 10.1. The highest BCUT2D eigenvalue weighted by molar-refractivity contribution is 5.96. The van der Waals surface area contributed by atoms with Crippen LogP contribution in [0.5, 0.6) is 0 Å². The van der Waals surface area contributed by atoms with E-state index < -0.39 is 41.8 Å². The molecule has 0 aliphatic heterocycles. The summed E-state index contributed by atoms with van der Waals surface area (Å²) in [6, 6.07) is 22.7. The van der Waals surface area contributed by atoms with Gasteiger partial charge in [-0.1, -0.05) is 12.1 Å². The number of aliphatic hydroxyl groups is 1. The van der Waals surface area contributed by atoms with E-state index in [9.17, 15) is 38.4 Å². The minimum Gasteiger partial charge on any atom is -0.478 e. The van der Waals surface area contributed by atoms with E-state index in [1.807, 2.05) is 0 Å². The summed E-state index contributed by atoms with van der Waals surface area (Å²) in [5.41, 5.74) is 2.13. The van der Waals surface area contributed by atoms with Crippen LogP contribution in [0.3, 0.4) is 0 Å². The molecule has 0 fully saturated rings. The number of carboxylic acid groups (broad SMARTS) is 2. The molecule has 4 rings (SSSR count). The second-order valence-electron chi connectivity index (χ2n) is 11.9. The second-order valence-corrected chi connectivity index (χ2v) is 11.9. The zero-order valence-corrected chi connectivity index (χ0v) is 33.4. The maximum absolute atomic E-state index is 11.8. The molecule has 61 heavy (non-hydrogen) atoms. The number of aromatic carboxylic acids is 2. The van der Waals surface area contributed by atoms with E-state index >= 15 is 0 Å². The van der Waals surface area contributed by atoms with E-state index in [4.69, 9.17) is 48.5 Å². The fourth-order valence-corrected chi connectivity index (χ4v) is 4.34. The first-order chi connectivity index (χ1) is 29.2. The minimum absolute atomic E-state index is 0.0559. The number of methoxy groups -OCH3 is 2. The zero-order valence-electron chi connectivity index (χ0n) is 33.4. The van der Waals surface area contributed by atoms with Crippen molar-refractivity contribution in [3.05, 3.63) is 142 Å². The molecule has 0 radical (unpaired) electrons. The fraction of sp³-hybridized carbons (Fsp3) is 0.256. The number of hydrogen-bond donors (Lipinski definition) is 3. The zero-order chi connectivity index (χ0) is 45.2. The minimum atomic E-state index is -1.09. The lowest BCUT2D eigenvalue weighted by Crippen LogP contribution is -2.14. The molecule has 18 nitrogen and oxygen atoms in total. The Morgan fingerprint density at radius 2 is 0.574 bits per heavy atom. The van der Waals surface area contributed by atoms with Crippen molar-refractivity contribution in [2.75, 3.05) is 67.1 Å². The third-order valence-corrected chi connectivity index (χ3v) is 7.53. The van der Waals surface area contributed by atoms with Crippen molar-refractivity contribution in [3.63, 3.8) is 0 Å². The number of esters is 5. The molecule has 324 valence electrons. The number of ketones is 1. The summed E-state index contributed by atoms with van der Waals surface area (Å²) in [6.07, 6.45) is 0. The number of Topliss-reactive ketones (excluding diaryl/α,β-unsaturated/α-hetero) is 1. The van der Waals surface area contributed by atoms with Crippen LogP contribution in [-0.2, 0) is 33.2 Å². The highest BCUT2D eigenvalue weighted by atomic mass is 16.6. The average Bonchev–Trinajstić information content (AvgIpc) is 3.27. The summed E-state index contributed by atoms with van der Waals surface area (Å²) >= 11 is 0. The number of rotatable bonds is 19. The van der Waals surface area contributed by atoms with Crippen molar-refractivity contribution in [2.24, 2.45) is 0 Å². The highest BCUT2D eigenvalue weighted by Crippen LogP contribution is 2.10. The lowest BCUT2D eigenvalue weighted by molar-refractivity contribution is 0.0265. The van der Waals surface area contributed by atoms with Gasteiger partial charge in [0.1, 0.15) is 33.0 Å². The van der Waals surface area contributed by atoms with Crippen molar-refractivity contribution < 1.29 is 86.8 Å². The van der Waals surface area contributed by atoms with Gasteiger partial charge < -0.3 is 48.5 Å². The summed E-state index contributed by atoms with van der Waals surface area (Å²) in [4.78, 5) is 90.5. The molecule has 4 aromatic carbocycles. The third-order valence-electron chi connectivity index (χ3n) is 7.53. The molecule has 0 amide bonds. The Bertz CT molecular complexity index is 1990. The molecule has 0 saturated heterocycles. The Morgan fingerprint density at radius 1 is 0.361 bits per heavy atom. The molecule has 0 aliphatic carbocycles. The van der Waals surface area contributed by atoms with Crippen LogP contribution in [0.15, 0.2) is 97.1 Å². The van der Waals surface area contributed by atoms with Crippen molar-refractivity contribution in [1.29, 1.82) is 0 Å². The molecule has 0 spiro atoms. The largest absolute Gasteiger partial charge is 0.478 e. The first-order valence-electron chi connectivity index (χ1n) is 18.0. The van der Waals surface area contributed by atoms with Gasteiger partial charge in [-0.3, -0.25) is 4.79 Å². The van der Waals surface area contributed by atoms with Gasteiger partial charge in [-0.25, -0.2) is 33.6 Å². The molecular formula is C43H44O18. The van der Waals surface area contributed by atoms with E-state index in [0.29, 0.717) is 35.5 Å². The van der Waals surface area contributed by atoms with Crippen LogP contribution in [0.25, 0.3) is 0 Å². The molecule has 0 aliphatic rings. The molecule has 18 heteroatoms. The summed E-state index contributed by atoms with van der Waals surface area (Å²) in [7, 11) is 3.02. The van der Waals surface area contributed by atoms with Crippen LogP contribution in [0.4, 0.5) is 0 Å². The number of carbonyl (C=O) groups is 8. The average molecular weight is 849 g/mol. The van der Waals surface area contributed by atoms with Crippen LogP contribution in [0.1, 0.15) is 89.8 Å². The monoisotopic (exact) mass is 848 g/mol. The number of benzene rings is 4. The van der Waals surface area contributed by atoms with Crippen molar-refractivity contribution >= 4 is 47.6 Å². The predicted octanol–water partition coefficient (Wildman–Crippen LogP) is 4.43. The van der Waals surface area contributed by atoms with Gasteiger partial charge in [0.25, 0.3) is 0 Å². The smallest absolute Gasteiger partial charge is 0.338 e. The van der Waals surface area contributed by atoms with E-state index in [0.717, 1.165) is 0 Å². The van der Waals surface area contributed by atoms with E-state index in [1.165, 1.54) is 118 Å². The van der Waals surface area contributed by atoms with Crippen LogP contribution in [0.2, 0.25) is 0 Å². The molecule has 0 atom stereocenters. The summed E-state index contributed by atoms with van der Waals surface area (Å²) in [5, 5.41) is 26.0. The normalized spacial score (nSPS) is 9.97. The van der Waals surface area contributed by atoms with Gasteiger partial charge in [0.2, 0.25) is 0 Å². The van der Waals surface area contributed by atoms with Crippen LogP contribution >= 0.6 is 0 Å². The third kappa shape index (κ3) is 18.5. The van der Waals surface area contributed by atoms with E-state index in [1.54, 1.807) is 0 Å². The number of carbonyl (C=O) groups excluding carboxylic acids is 6. The topological polar surface area (TPSA) is 262 Å². The maximum Gasteiger partial charge on any atom is 0.338 e. The Labute approximate surface area is 349 Å². The first kappa shape index (κ1) is 49.9. The van der Waals surface area contributed by atoms with Gasteiger partial charge in [-0.05, 0) is 91.9 Å². The summed E-state index contributed by atoms with van der Waals surface area (Å²) in [5.74, 6) is -4.99. The highest BCUT2D eigenvalue weighted by Gasteiger charge is 2.13. The lowest BCUT2D eigenvalue weighted by Gasteiger charge is -2.07. The molecule has 0 saturated carbocycles. The van der Waals surface area contributed by atoms with Crippen LogP contribution < -0.4 is 0 Å². The van der Waals surface area contributed by atoms with Crippen molar-refractivity contribution in [3.8, 4) is 0 Å². The maximum atomic E-state index is 11.8. The number of hydrogen-bond acceptors (Lipinski definition) is 16. The van der Waals surface area contributed by atoms with Gasteiger partial charge in [0.15, 0.2) is 5.78 Å². The number of carboxylic acids is 2. The van der Waals surface area contributed by atoms with Gasteiger partial charge in [0, 0.05) is 19.8 Å². The standard InChI is InChI=1S/C19H16O7.C13H16O6.C11H12O5/c1-12(20)13-2-6-15(7-3-13)18(23)25-10-11-26-19(24)16-8-4-14(5-9-16)17(21)22;1-17-8-9-19-13(16)11-4-2-10(3-5-11)12(15)18-7-6-14;1-15-6-7-16-11(14)9-4-2-8(3-5-9)10(12)13/h2-9H,10-11H2,1H3,(H,21,22);2-5,14H,6-9H2,1H3;2-5H,6-7H2,1H3,(H,12,13).